The molecule has 134 valence electrons. The number of imide groups is 1. The second-order valence-corrected chi connectivity index (χ2v) is 6.93. The van der Waals surface area contributed by atoms with Gasteiger partial charge in [0, 0.05) is 5.56 Å². The largest absolute Gasteiger partial charge is 0.453 e. The predicted molar refractivity (Wildman–Crippen MR) is 98.7 cm³/mol. The third kappa shape index (κ3) is 5.41. The SMILES string of the molecule is CC[C@@H](C)c1ccc([C@@H]([NH2+]CC(=O)NC(=O)OC)c2cccs2)cc1. The summed E-state index contributed by atoms with van der Waals surface area (Å²) in [6.07, 6.45) is 0.372. The zero-order chi connectivity index (χ0) is 18.2. The van der Waals surface area contributed by atoms with Crippen LogP contribution >= 0.6 is 11.3 Å². The normalized spacial score (nSPS) is 13.1. The number of carbonyl (C=O) groups excluding carboxylic acids is 2. The Labute approximate surface area is 152 Å². The average Bonchev–Trinajstić information content (AvgIpc) is 3.16. The number of nitrogens with one attached hydrogen (secondary N) is 1. The molecule has 0 spiro atoms. The van der Waals surface area contributed by atoms with Crippen molar-refractivity contribution in [3.8, 4) is 0 Å². The second-order valence-electron chi connectivity index (χ2n) is 5.95. The van der Waals surface area contributed by atoms with Crippen LogP contribution in [0.2, 0.25) is 0 Å². The van der Waals surface area contributed by atoms with Gasteiger partial charge in [-0.2, -0.15) is 0 Å². The molecule has 2 rings (SSSR count). The molecule has 1 aromatic heterocycles. The Morgan fingerprint density at radius 2 is 1.88 bits per heavy atom. The van der Waals surface area contributed by atoms with Crippen molar-refractivity contribution in [3.05, 3.63) is 57.8 Å². The summed E-state index contributed by atoms with van der Waals surface area (Å²) in [6, 6.07) is 12.7. The van der Waals surface area contributed by atoms with Gasteiger partial charge in [0.25, 0.3) is 5.91 Å². The highest BCUT2D eigenvalue weighted by Crippen LogP contribution is 2.25. The van der Waals surface area contributed by atoms with E-state index in [0.717, 1.165) is 12.0 Å². The zero-order valence-corrected chi connectivity index (χ0v) is 15.6. The Kier molecular flexibility index (Phi) is 7.16. The number of methoxy groups -OCH3 is 1. The zero-order valence-electron chi connectivity index (χ0n) is 14.8. The van der Waals surface area contributed by atoms with Crippen molar-refractivity contribution in [2.24, 2.45) is 0 Å². The molecule has 0 aliphatic heterocycles. The molecule has 0 radical (unpaired) electrons. The van der Waals surface area contributed by atoms with Crippen molar-refractivity contribution in [2.75, 3.05) is 13.7 Å². The maximum Gasteiger partial charge on any atom is 0.413 e. The highest BCUT2D eigenvalue weighted by Gasteiger charge is 2.21. The lowest BCUT2D eigenvalue weighted by Gasteiger charge is -2.16. The second kappa shape index (κ2) is 9.34. The summed E-state index contributed by atoms with van der Waals surface area (Å²) in [7, 11) is 1.24. The Bertz CT molecular complexity index is 683. The molecule has 0 unspecified atom stereocenters. The number of alkyl carbamates (subject to hydrolysis) is 1. The fourth-order valence-electron chi connectivity index (χ4n) is 2.59. The molecule has 2 atom stereocenters. The first-order valence-electron chi connectivity index (χ1n) is 8.39. The van der Waals surface area contributed by atoms with E-state index in [1.165, 1.54) is 17.6 Å². The van der Waals surface area contributed by atoms with Crippen LogP contribution in [0.1, 0.15) is 48.2 Å². The van der Waals surface area contributed by atoms with Gasteiger partial charge < -0.3 is 10.1 Å². The summed E-state index contributed by atoms with van der Waals surface area (Å²) < 4.78 is 4.45. The van der Waals surface area contributed by atoms with Gasteiger partial charge in [-0.25, -0.2) is 4.79 Å². The van der Waals surface area contributed by atoms with E-state index in [1.807, 2.05) is 16.8 Å². The minimum atomic E-state index is -0.732. The van der Waals surface area contributed by atoms with Crippen LogP contribution in [-0.4, -0.2) is 25.7 Å². The molecule has 0 aliphatic carbocycles. The summed E-state index contributed by atoms with van der Waals surface area (Å²) in [5.74, 6) is 0.161. The van der Waals surface area contributed by atoms with Gasteiger partial charge in [0.05, 0.1) is 12.0 Å². The van der Waals surface area contributed by atoms with E-state index in [0.29, 0.717) is 5.92 Å². The molecule has 6 heteroatoms. The van der Waals surface area contributed by atoms with Crippen molar-refractivity contribution < 1.29 is 19.6 Å². The fourth-order valence-corrected chi connectivity index (χ4v) is 3.44. The molecule has 1 heterocycles. The lowest BCUT2D eigenvalue weighted by Crippen LogP contribution is -2.87. The monoisotopic (exact) mass is 361 g/mol. The van der Waals surface area contributed by atoms with E-state index in [-0.39, 0.29) is 18.5 Å². The number of hydrogen-bond donors (Lipinski definition) is 2. The average molecular weight is 361 g/mol. The van der Waals surface area contributed by atoms with Crippen LogP contribution in [0.25, 0.3) is 0 Å². The molecule has 1 aromatic carbocycles. The van der Waals surface area contributed by atoms with Crippen LogP contribution in [0.15, 0.2) is 41.8 Å². The molecule has 0 aliphatic rings. The first-order chi connectivity index (χ1) is 12.0. The smallest absolute Gasteiger partial charge is 0.413 e. The van der Waals surface area contributed by atoms with Gasteiger partial charge in [0.15, 0.2) is 6.54 Å². The summed E-state index contributed by atoms with van der Waals surface area (Å²) in [6.45, 7) is 4.54. The minimum absolute atomic E-state index is 0.0226. The van der Waals surface area contributed by atoms with Crippen LogP contribution in [0.5, 0.6) is 0 Å². The van der Waals surface area contributed by atoms with Gasteiger partial charge in [-0.15, -0.1) is 11.3 Å². The standard InChI is InChI=1S/C19H24N2O3S/c1-4-13(2)14-7-9-15(10-8-14)18(16-6-5-11-25-16)20-12-17(22)21-19(23)24-3/h5-11,13,18,20H,4,12H2,1-3H3,(H,21,22,23)/p+1/t13-,18-/m1/s1. The van der Waals surface area contributed by atoms with Crippen LogP contribution in [0.3, 0.4) is 0 Å². The lowest BCUT2D eigenvalue weighted by atomic mass is 9.95. The quantitative estimate of drug-likeness (QED) is 0.796. The van der Waals surface area contributed by atoms with Crippen molar-refractivity contribution >= 4 is 23.3 Å². The predicted octanol–water partition coefficient (Wildman–Crippen LogP) is 2.80. The number of benzene rings is 1. The summed E-state index contributed by atoms with van der Waals surface area (Å²) >= 11 is 1.66. The Balaban J connectivity index is 2.11. The first-order valence-corrected chi connectivity index (χ1v) is 9.27. The number of rotatable bonds is 7. The fraction of sp³-hybridized carbons (Fsp3) is 0.368. The maximum atomic E-state index is 11.9. The molecule has 0 saturated heterocycles. The number of amides is 2. The van der Waals surface area contributed by atoms with E-state index in [1.54, 1.807) is 11.3 Å². The number of thiophene rings is 1. The molecule has 5 nitrogen and oxygen atoms in total. The topological polar surface area (TPSA) is 72.0 Å². The number of hydrogen-bond acceptors (Lipinski definition) is 4. The van der Waals surface area contributed by atoms with Gasteiger partial charge in [-0.1, -0.05) is 44.2 Å². The number of ether oxygens (including phenoxy) is 1. The lowest BCUT2D eigenvalue weighted by molar-refractivity contribution is -0.676. The van der Waals surface area contributed by atoms with Crippen molar-refractivity contribution in [1.29, 1.82) is 0 Å². The van der Waals surface area contributed by atoms with Crippen LogP contribution in [-0.2, 0) is 9.53 Å². The maximum absolute atomic E-state index is 11.9. The van der Waals surface area contributed by atoms with E-state index < -0.39 is 6.09 Å². The molecule has 2 amide bonds. The third-order valence-electron chi connectivity index (χ3n) is 4.29. The van der Waals surface area contributed by atoms with E-state index in [2.05, 4.69) is 54.2 Å². The molecule has 25 heavy (non-hydrogen) atoms. The molecular formula is C19H25N2O3S+. The number of carbonyl (C=O) groups is 2. The van der Waals surface area contributed by atoms with Gasteiger partial charge in [-0.05, 0) is 29.3 Å². The van der Waals surface area contributed by atoms with E-state index in [9.17, 15) is 9.59 Å². The van der Waals surface area contributed by atoms with Crippen molar-refractivity contribution in [1.82, 2.24) is 5.32 Å². The van der Waals surface area contributed by atoms with E-state index >= 15 is 0 Å². The molecule has 2 aromatic rings. The van der Waals surface area contributed by atoms with Crippen molar-refractivity contribution in [2.45, 2.75) is 32.2 Å². The van der Waals surface area contributed by atoms with Crippen LogP contribution in [0, 0.1) is 0 Å². The number of quaternary nitrogens is 1. The van der Waals surface area contributed by atoms with Gasteiger partial charge in [0.1, 0.15) is 6.04 Å². The molecule has 0 fully saturated rings. The Morgan fingerprint density at radius 3 is 2.44 bits per heavy atom. The summed E-state index contributed by atoms with van der Waals surface area (Å²) in [5, 5.41) is 6.14. The molecule has 0 saturated carbocycles. The first kappa shape index (κ1) is 19.1. The van der Waals surface area contributed by atoms with Crippen LogP contribution < -0.4 is 10.6 Å². The van der Waals surface area contributed by atoms with Gasteiger partial charge >= 0.3 is 6.09 Å². The molecular weight excluding hydrogens is 336 g/mol. The highest BCUT2D eigenvalue weighted by atomic mass is 32.1. The minimum Gasteiger partial charge on any atom is -0.453 e. The Morgan fingerprint density at radius 1 is 1.20 bits per heavy atom. The number of nitrogens with two attached hydrogens (primary N) is 1. The van der Waals surface area contributed by atoms with Gasteiger partial charge in [-0.3, -0.25) is 10.1 Å². The highest BCUT2D eigenvalue weighted by molar-refractivity contribution is 7.10. The molecule has 0 bridgehead atoms. The van der Waals surface area contributed by atoms with Crippen LogP contribution in [0.4, 0.5) is 4.79 Å². The van der Waals surface area contributed by atoms with Crippen molar-refractivity contribution in [3.63, 3.8) is 0 Å². The molecule has 3 N–H and O–H groups in total. The summed E-state index contributed by atoms with van der Waals surface area (Å²) in [4.78, 5) is 24.2. The Hall–Kier alpha value is -2.18. The van der Waals surface area contributed by atoms with E-state index in [4.69, 9.17) is 0 Å². The third-order valence-corrected chi connectivity index (χ3v) is 5.25. The summed E-state index contributed by atoms with van der Waals surface area (Å²) in [5.41, 5.74) is 2.46. The van der Waals surface area contributed by atoms with Gasteiger partial charge in [0.2, 0.25) is 0 Å².